The van der Waals surface area contributed by atoms with E-state index in [0.29, 0.717) is 27.0 Å². The van der Waals surface area contributed by atoms with Crippen LogP contribution >= 0.6 is 31.9 Å². The number of nitrogens with zero attached hydrogens (tertiary/aromatic N) is 1. The van der Waals surface area contributed by atoms with Gasteiger partial charge in [0, 0.05) is 22.3 Å². The number of hydrogen-bond acceptors (Lipinski definition) is 4. The van der Waals surface area contributed by atoms with E-state index in [1.165, 1.54) is 6.92 Å². The lowest BCUT2D eigenvalue weighted by atomic mass is 10.1. The second-order valence-corrected chi connectivity index (χ2v) is 7.09. The maximum absolute atomic E-state index is 11.3. The number of aromatic hydroxyl groups is 1. The molecule has 1 aromatic heterocycles. The molecule has 0 atom stereocenters. The molecular weight excluding hydrogens is 450 g/mol. The third-order valence-corrected chi connectivity index (χ3v) is 4.51. The number of rotatable bonds is 3. The molecule has 0 radical (unpaired) electrons. The first-order valence-electron chi connectivity index (χ1n) is 7.38. The first kappa shape index (κ1) is 17.6. The lowest BCUT2D eigenvalue weighted by molar-refractivity contribution is -0.131. The highest BCUT2D eigenvalue weighted by Gasteiger charge is 2.07. The summed E-state index contributed by atoms with van der Waals surface area (Å²) in [6, 6.07) is 12.8. The standard InChI is InChI=1S/C19H13Br2NO3/c1-11(23)25-17-4-2-3-12-5-7-15(22-18(12)17)8-6-13-9-14(20)10-16(21)19(13)24/h2-10,24H,1H3/b8-6+. The summed E-state index contributed by atoms with van der Waals surface area (Å²) in [6.45, 7) is 1.36. The van der Waals surface area contributed by atoms with Crippen LogP contribution in [0.3, 0.4) is 0 Å². The van der Waals surface area contributed by atoms with Gasteiger partial charge in [0.15, 0.2) is 5.75 Å². The molecule has 0 aliphatic rings. The van der Waals surface area contributed by atoms with E-state index in [1.807, 2.05) is 30.3 Å². The number of benzene rings is 2. The number of phenolic OH excluding ortho intramolecular Hbond substituents is 1. The molecule has 2 aromatic carbocycles. The van der Waals surface area contributed by atoms with E-state index in [-0.39, 0.29) is 11.7 Å². The van der Waals surface area contributed by atoms with Crippen molar-refractivity contribution < 1.29 is 14.6 Å². The Balaban J connectivity index is 2.01. The predicted molar refractivity (Wildman–Crippen MR) is 105 cm³/mol. The van der Waals surface area contributed by atoms with Crippen LogP contribution in [0.15, 0.2) is 51.4 Å². The molecule has 0 fully saturated rings. The lowest BCUT2D eigenvalue weighted by Crippen LogP contribution is -2.02. The number of hydrogen-bond donors (Lipinski definition) is 1. The van der Waals surface area contributed by atoms with E-state index in [9.17, 15) is 9.90 Å². The van der Waals surface area contributed by atoms with Crippen molar-refractivity contribution >= 4 is 60.9 Å². The Bertz CT molecular complexity index is 999. The van der Waals surface area contributed by atoms with Crippen LogP contribution in [0, 0.1) is 0 Å². The highest BCUT2D eigenvalue weighted by molar-refractivity contribution is 9.11. The molecular formula is C19H13Br2NO3. The second-order valence-electron chi connectivity index (χ2n) is 5.32. The number of para-hydroxylation sites is 1. The van der Waals surface area contributed by atoms with Crippen LogP contribution in [0.2, 0.25) is 0 Å². The topological polar surface area (TPSA) is 59.4 Å². The zero-order valence-corrected chi connectivity index (χ0v) is 16.3. The minimum absolute atomic E-state index is 0.154. The maximum Gasteiger partial charge on any atom is 0.308 e. The smallest absolute Gasteiger partial charge is 0.308 e. The molecule has 0 bridgehead atoms. The Morgan fingerprint density at radius 2 is 1.96 bits per heavy atom. The van der Waals surface area contributed by atoms with Gasteiger partial charge in [0.25, 0.3) is 0 Å². The second kappa shape index (κ2) is 7.37. The van der Waals surface area contributed by atoms with Gasteiger partial charge in [-0.3, -0.25) is 4.79 Å². The molecule has 3 rings (SSSR count). The zero-order valence-electron chi connectivity index (χ0n) is 13.2. The first-order chi connectivity index (χ1) is 11.9. The summed E-state index contributed by atoms with van der Waals surface area (Å²) >= 11 is 6.71. The SMILES string of the molecule is CC(=O)Oc1cccc2ccc(/C=C/c3cc(Br)cc(Br)c3O)nc12. The van der Waals surface area contributed by atoms with Crippen molar-refractivity contribution in [3.05, 3.63) is 62.7 Å². The Hall–Kier alpha value is -2.18. The van der Waals surface area contributed by atoms with Crippen LogP contribution < -0.4 is 4.74 Å². The van der Waals surface area contributed by atoms with E-state index in [4.69, 9.17) is 4.74 Å². The van der Waals surface area contributed by atoms with Gasteiger partial charge in [-0.2, -0.15) is 0 Å². The Morgan fingerprint density at radius 3 is 2.72 bits per heavy atom. The van der Waals surface area contributed by atoms with Crippen LogP contribution in [-0.4, -0.2) is 16.1 Å². The van der Waals surface area contributed by atoms with Crippen molar-refractivity contribution in [3.8, 4) is 11.5 Å². The van der Waals surface area contributed by atoms with Gasteiger partial charge < -0.3 is 9.84 Å². The average Bonchev–Trinajstić information content (AvgIpc) is 2.56. The number of halogens is 2. The van der Waals surface area contributed by atoms with Crippen LogP contribution in [0.5, 0.6) is 11.5 Å². The van der Waals surface area contributed by atoms with Crippen molar-refractivity contribution in [2.24, 2.45) is 0 Å². The molecule has 0 unspecified atom stereocenters. The number of aromatic nitrogens is 1. The molecule has 1 heterocycles. The summed E-state index contributed by atoms with van der Waals surface area (Å²) in [5, 5.41) is 11.0. The number of ether oxygens (including phenoxy) is 1. The third-order valence-electron chi connectivity index (χ3n) is 3.45. The molecule has 4 nitrogen and oxygen atoms in total. The number of carbonyl (C=O) groups excluding carboxylic acids is 1. The minimum atomic E-state index is -0.390. The predicted octanol–water partition coefficient (Wildman–Crippen LogP) is 5.56. The van der Waals surface area contributed by atoms with Crippen LogP contribution in [-0.2, 0) is 4.79 Å². The molecule has 0 aliphatic heterocycles. The molecule has 6 heteroatoms. The highest BCUT2D eigenvalue weighted by Crippen LogP contribution is 2.33. The largest absolute Gasteiger partial charge is 0.506 e. The van der Waals surface area contributed by atoms with Crippen molar-refractivity contribution in [1.29, 1.82) is 0 Å². The maximum atomic E-state index is 11.3. The molecule has 1 N–H and O–H groups in total. The monoisotopic (exact) mass is 461 g/mol. The van der Waals surface area contributed by atoms with Gasteiger partial charge >= 0.3 is 5.97 Å². The average molecular weight is 463 g/mol. The van der Waals surface area contributed by atoms with Gasteiger partial charge in [-0.05, 0) is 52.3 Å². The zero-order chi connectivity index (χ0) is 18.0. The number of phenols is 1. The van der Waals surface area contributed by atoms with Gasteiger partial charge in [-0.15, -0.1) is 0 Å². The summed E-state index contributed by atoms with van der Waals surface area (Å²) in [5.41, 5.74) is 1.94. The van der Waals surface area contributed by atoms with Gasteiger partial charge in [-0.25, -0.2) is 4.98 Å². The number of fused-ring (bicyclic) bond motifs is 1. The number of carbonyl (C=O) groups is 1. The molecule has 0 spiro atoms. The fraction of sp³-hybridized carbons (Fsp3) is 0.0526. The molecule has 0 amide bonds. The van der Waals surface area contributed by atoms with E-state index in [2.05, 4.69) is 36.8 Å². The summed E-state index contributed by atoms with van der Waals surface area (Å²) < 4.78 is 6.67. The summed E-state index contributed by atoms with van der Waals surface area (Å²) in [6.07, 6.45) is 3.56. The molecule has 3 aromatic rings. The van der Waals surface area contributed by atoms with Gasteiger partial charge in [0.1, 0.15) is 11.3 Å². The van der Waals surface area contributed by atoms with Crippen LogP contribution in [0.1, 0.15) is 18.2 Å². The van der Waals surface area contributed by atoms with Crippen LogP contribution in [0.25, 0.3) is 23.1 Å². The van der Waals surface area contributed by atoms with E-state index in [1.54, 1.807) is 24.3 Å². The minimum Gasteiger partial charge on any atom is -0.506 e. The summed E-state index contributed by atoms with van der Waals surface area (Å²) in [7, 11) is 0. The summed E-state index contributed by atoms with van der Waals surface area (Å²) in [4.78, 5) is 15.8. The normalized spacial score (nSPS) is 11.2. The fourth-order valence-corrected chi connectivity index (χ4v) is 3.61. The van der Waals surface area contributed by atoms with E-state index < -0.39 is 0 Å². The Kier molecular flexibility index (Phi) is 5.20. The van der Waals surface area contributed by atoms with Gasteiger partial charge in [0.2, 0.25) is 0 Å². The number of esters is 1. The summed E-state index contributed by atoms with van der Waals surface area (Å²) in [5.74, 6) is 0.188. The van der Waals surface area contributed by atoms with Crippen molar-refractivity contribution in [2.45, 2.75) is 6.92 Å². The first-order valence-corrected chi connectivity index (χ1v) is 8.97. The van der Waals surface area contributed by atoms with E-state index in [0.717, 1.165) is 9.86 Å². The fourth-order valence-electron chi connectivity index (χ4n) is 2.35. The molecule has 0 aliphatic carbocycles. The Morgan fingerprint density at radius 1 is 1.16 bits per heavy atom. The molecule has 0 saturated carbocycles. The quantitative estimate of drug-likeness (QED) is 0.408. The third kappa shape index (κ3) is 4.08. The molecule has 126 valence electrons. The number of pyridine rings is 1. The Labute approximate surface area is 161 Å². The lowest BCUT2D eigenvalue weighted by Gasteiger charge is -2.06. The van der Waals surface area contributed by atoms with E-state index >= 15 is 0 Å². The van der Waals surface area contributed by atoms with Crippen molar-refractivity contribution in [2.75, 3.05) is 0 Å². The molecule has 0 saturated heterocycles. The van der Waals surface area contributed by atoms with Gasteiger partial charge in [0.05, 0.1) is 10.2 Å². The van der Waals surface area contributed by atoms with Crippen molar-refractivity contribution in [3.63, 3.8) is 0 Å². The molecule has 25 heavy (non-hydrogen) atoms. The van der Waals surface area contributed by atoms with Crippen LogP contribution in [0.4, 0.5) is 0 Å². The van der Waals surface area contributed by atoms with Gasteiger partial charge in [-0.1, -0.05) is 34.1 Å². The highest BCUT2D eigenvalue weighted by atomic mass is 79.9. The van der Waals surface area contributed by atoms with Crippen molar-refractivity contribution in [1.82, 2.24) is 4.98 Å².